The number of benzene rings is 1. The Morgan fingerprint density at radius 3 is 2.30 bits per heavy atom. The molecule has 1 aromatic heterocycles. The third kappa shape index (κ3) is 3.17. The summed E-state index contributed by atoms with van der Waals surface area (Å²) >= 11 is 0. The van der Waals surface area contributed by atoms with E-state index in [0.717, 1.165) is 12.1 Å². The molecule has 2 aromatic rings. The van der Waals surface area contributed by atoms with Gasteiger partial charge in [0.05, 0.1) is 11.3 Å². The van der Waals surface area contributed by atoms with Crippen LogP contribution in [0, 0.1) is 5.82 Å². The fourth-order valence-corrected chi connectivity index (χ4v) is 1.59. The lowest BCUT2D eigenvalue weighted by molar-refractivity contribution is -0.137. The van der Waals surface area contributed by atoms with Crippen molar-refractivity contribution in [3.05, 3.63) is 47.8 Å². The van der Waals surface area contributed by atoms with E-state index < -0.39 is 17.6 Å². The molecule has 0 atom stereocenters. The van der Waals surface area contributed by atoms with E-state index in [9.17, 15) is 17.6 Å². The molecular formula is C13H11F4N3. The summed E-state index contributed by atoms with van der Waals surface area (Å²) in [6, 6.07) is 7.38. The molecular weight excluding hydrogens is 274 g/mol. The first-order chi connectivity index (χ1) is 9.40. The summed E-state index contributed by atoms with van der Waals surface area (Å²) in [5.41, 5.74) is -0.808. The van der Waals surface area contributed by atoms with E-state index in [4.69, 9.17) is 0 Å². The Kier molecular flexibility index (Phi) is 3.78. The van der Waals surface area contributed by atoms with Gasteiger partial charge in [0, 0.05) is 7.05 Å². The standard InChI is InChI=1S/C13H11F4N3/c1-18-11-6-8(13(15,16)17)7-12(20-11)19-10-5-3-2-4-9(10)14/h2-7H,1H3,(H2,18,19,20). The number of para-hydroxylation sites is 1. The first kappa shape index (κ1) is 14.1. The van der Waals surface area contributed by atoms with Crippen LogP contribution in [0.15, 0.2) is 36.4 Å². The predicted octanol–water partition coefficient (Wildman–Crippen LogP) is 4.02. The van der Waals surface area contributed by atoms with Crippen LogP contribution in [-0.2, 0) is 6.18 Å². The van der Waals surface area contributed by atoms with E-state index in [0.29, 0.717) is 0 Å². The number of nitrogens with one attached hydrogen (secondary N) is 2. The number of anilines is 3. The Hall–Kier alpha value is -2.31. The molecule has 1 heterocycles. The lowest BCUT2D eigenvalue weighted by Crippen LogP contribution is -2.08. The van der Waals surface area contributed by atoms with Gasteiger partial charge in [-0.05, 0) is 24.3 Å². The summed E-state index contributed by atoms with van der Waals surface area (Å²) in [6.07, 6.45) is -4.50. The van der Waals surface area contributed by atoms with Crippen molar-refractivity contribution in [2.75, 3.05) is 17.7 Å². The van der Waals surface area contributed by atoms with Crippen LogP contribution in [0.5, 0.6) is 0 Å². The van der Waals surface area contributed by atoms with Crippen molar-refractivity contribution < 1.29 is 17.6 Å². The molecule has 20 heavy (non-hydrogen) atoms. The lowest BCUT2D eigenvalue weighted by Gasteiger charge is -2.12. The topological polar surface area (TPSA) is 37.0 Å². The zero-order chi connectivity index (χ0) is 14.8. The lowest BCUT2D eigenvalue weighted by atomic mass is 10.2. The van der Waals surface area contributed by atoms with Crippen LogP contribution in [0.2, 0.25) is 0 Å². The maximum Gasteiger partial charge on any atom is 0.416 e. The normalized spacial score (nSPS) is 11.2. The van der Waals surface area contributed by atoms with Crippen molar-refractivity contribution in [3.63, 3.8) is 0 Å². The molecule has 0 bridgehead atoms. The third-order valence-electron chi connectivity index (χ3n) is 2.55. The average Bonchev–Trinajstić information content (AvgIpc) is 2.40. The van der Waals surface area contributed by atoms with Gasteiger partial charge in [-0.1, -0.05) is 12.1 Å². The summed E-state index contributed by atoms with van der Waals surface area (Å²) < 4.78 is 51.7. The highest BCUT2D eigenvalue weighted by Crippen LogP contribution is 2.32. The van der Waals surface area contributed by atoms with E-state index in [2.05, 4.69) is 15.6 Å². The molecule has 0 unspecified atom stereocenters. The van der Waals surface area contributed by atoms with Crippen LogP contribution < -0.4 is 10.6 Å². The van der Waals surface area contributed by atoms with E-state index in [1.165, 1.54) is 25.2 Å². The van der Waals surface area contributed by atoms with Crippen molar-refractivity contribution >= 4 is 17.3 Å². The number of rotatable bonds is 3. The molecule has 1 aromatic carbocycles. The first-order valence-corrected chi connectivity index (χ1v) is 5.69. The second-order valence-electron chi connectivity index (χ2n) is 3.98. The van der Waals surface area contributed by atoms with E-state index >= 15 is 0 Å². The van der Waals surface area contributed by atoms with Gasteiger partial charge in [0.15, 0.2) is 0 Å². The Bertz CT molecular complexity index is 611. The molecule has 2 rings (SSSR count). The third-order valence-corrected chi connectivity index (χ3v) is 2.55. The second-order valence-corrected chi connectivity index (χ2v) is 3.98. The number of pyridine rings is 1. The number of aromatic nitrogens is 1. The number of alkyl halides is 3. The van der Waals surface area contributed by atoms with Gasteiger partial charge in [-0.3, -0.25) is 0 Å². The zero-order valence-corrected chi connectivity index (χ0v) is 10.4. The SMILES string of the molecule is CNc1cc(C(F)(F)F)cc(Nc2ccccc2F)n1. The summed E-state index contributed by atoms with van der Waals surface area (Å²) in [4.78, 5) is 3.91. The molecule has 0 fully saturated rings. The zero-order valence-electron chi connectivity index (χ0n) is 10.4. The van der Waals surface area contributed by atoms with Crippen LogP contribution in [0.4, 0.5) is 34.9 Å². The molecule has 0 saturated carbocycles. The van der Waals surface area contributed by atoms with Crippen molar-refractivity contribution in [2.24, 2.45) is 0 Å². The van der Waals surface area contributed by atoms with Gasteiger partial charge in [0.2, 0.25) is 0 Å². The fraction of sp³-hybridized carbons (Fsp3) is 0.154. The summed E-state index contributed by atoms with van der Waals surface area (Å²) in [6.45, 7) is 0. The molecule has 3 nitrogen and oxygen atoms in total. The highest BCUT2D eigenvalue weighted by atomic mass is 19.4. The molecule has 0 aliphatic heterocycles. The van der Waals surface area contributed by atoms with Crippen molar-refractivity contribution in [2.45, 2.75) is 6.18 Å². The maximum atomic E-state index is 13.5. The predicted molar refractivity (Wildman–Crippen MR) is 68.5 cm³/mol. The largest absolute Gasteiger partial charge is 0.416 e. The van der Waals surface area contributed by atoms with Crippen LogP contribution in [0.25, 0.3) is 0 Å². The molecule has 0 aliphatic carbocycles. The number of nitrogens with zero attached hydrogens (tertiary/aromatic N) is 1. The molecule has 0 radical (unpaired) electrons. The van der Waals surface area contributed by atoms with Gasteiger partial charge >= 0.3 is 6.18 Å². The Labute approximate surface area is 112 Å². The minimum atomic E-state index is -4.50. The smallest absolute Gasteiger partial charge is 0.373 e. The molecule has 0 spiro atoms. The Balaban J connectivity index is 2.39. The van der Waals surface area contributed by atoms with E-state index in [1.54, 1.807) is 6.07 Å². The molecule has 7 heteroatoms. The van der Waals surface area contributed by atoms with Gasteiger partial charge < -0.3 is 10.6 Å². The minimum absolute atomic E-state index is 0.0404. The molecule has 0 saturated heterocycles. The summed E-state index contributed by atoms with van der Waals surface area (Å²) in [7, 11) is 1.45. The second kappa shape index (κ2) is 5.36. The maximum absolute atomic E-state index is 13.5. The fourth-order valence-electron chi connectivity index (χ4n) is 1.59. The number of halogens is 4. The number of hydrogen-bond donors (Lipinski definition) is 2. The van der Waals surface area contributed by atoms with Crippen LogP contribution in [0.1, 0.15) is 5.56 Å². The van der Waals surface area contributed by atoms with E-state index in [-0.39, 0.29) is 17.3 Å². The van der Waals surface area contributed by atoms with Gasteiger partial charge in [-0.15, -0.1) is 0 Å². The van der Waals surface area contributed by atoms with E-state index in [1.807, 2.05) is 0 Å². The summed E-state index contributed by atoms with van der Waals surface area (Å²) in [5.74, 6) is -0.620. The van der Waals surface area contributed by atoms with Crippen LogP contribution in [-0.4, -0.2) is 12.0 Å². The number of hydrogen-bond acceptors (Lipinski definition) is 3. The Morgan fingerprint density at radius 1 is 1.05 bits per heavy atom. The van der Waals surface area contributed by atoms with Gasteiger partial charge in [-0.2, -0.15) is 13.2 Å². The van der Waals surface area contributed by atoms with Crippen molar-refractivity contribution in [1.82, 2.24) is 4.98 Å². The molecule has 106 valence electrons. The molecule has 0 aliphatic rings. The average molecular weight is 285 g/mol. The van der Waals surface area contributed by atoms with Gasteiger partial charge in [0.25, 0.3) is 0 Å². The quantitative estimate of drug-likeness (QED) is 0.836. The van der Waals surface area contributed by atoms with Gasteiger partial charge in [-0.25, -0.2) is 9.37 Å². The van der Waals surface area contributed by atoms with Crippen molar-refractivity contribution in [1.29, 1.82) is 0 Å². The molecule has 0 amide bonds. The van der Waals surface area contributed by atoms with Crippen molar-refractivity contribution in [3.8, 4) is 0 Å². The van der Waals surface area contributed by atoms with Gasteiger partial charge in [0.1, 0.15) is 17.5 Å². The highest BCUT2D eigenvalue weighted by Gasteiger charge is 2.31. The van der Waals surface area contributed by atoms with Crippen LogP contribution in [0.3, 0.4) is 0 Å². The first-order valence-electron chi connectivity index (χ1n) is 5.69. The minimum Gasteiger partial charge on any atom is -0.373 e. The Morgan fingerprint density at radius 2 is 1.70 bits per heavy atom. The monoisotopic (exact) mass is 285 g/mol. The molecule has 2 N–H and O–H groups in total. The highest BCUT2D eigenvalue weighted by molar-refractivity contribution is 5.60. The summed E-state index contributed by atoms with van der Waals surface area (Å²) in [5, 5.41) is 5.07. The van der Waals surface area contributed by atoms with Crippen LogP contribution >= 0.6 is 0 Å².